The zero-order chi connectivity index (χ0) is 31.5. The van der Waals surface area contributed by atoms with Crippen LogP contribution in [0.5, 0.6) is 5.75 Å². The molecule has 1 aliphatic carbocycles. The van der Waals surface area contributed by atoms with Crippen LogP contribution in [0.1, 0.15) is 88.1 Å². The Labute approximate surface area is 263 Å². The SMILES string of the molecule is C[C@@H]1CCCCO[C@H](CN(C)Cc2ccncc2)[C@H](C)CN([C@H](C)CO)C(=O)c2cc(NC(=O)C3CCCCC3)ccc2O1. The molecule has 44 heavy (non-hydrogen) atoms. The first-order chi connectivity index (χ1) is 21.2. The van der Waals surface area contributed by atoms with Gasteiger partial charge in [0.1, 0.15) is 5.75 Å². The summed E-state index contributed by atoms with van der Waals surface area (Å²) in [7, 11) is 2.08. The summed E-state index contributed by atoms with van der Waals surface area (Å²) >= 11 is 0. The minimum absolute atomic E-state index is 0.00442. The fraction of sp³-hybridized carbons (Fsp3) is 0.629. The number of fused-ring (bicyclic) bond motifs is 1. The molecule has 2 N–H and O–H groups in total. The zero-order valence-electron chi connectivity index (χ0n) is 27.0. The Morgan fingerprint density at radius 2 is 1.82 bits per heavy atom. The number of amides is 2. The number of benzene rings is 1. The monoisotopic (exact) mass is 608 g/mol. The molecule has 9 heteroatoms. The van der Waals surface area contributed by atoms with Crippen molar-refractivity contribution in [3.8, 4) is 5.75 Å². The van der Waals surface area contributed by atoms with Gasteiger partial charge in [0.25, 0.3) is 5.91 Å². The highest BCUT2D eigenvalue weighted by molar-refractivity contribution is 6.00. The molecule has 2 amide bonds. The number of aliphatic hydroxyl groups is 1. The second-order valence-electron chi connectivity index (χ2n) is 12.9. The summed E-state index contributed by atoms with van der Waals surface area (Å²) in [5.74, 6) is 0.286. The van der Waals surface area contributed by atoms with Crippen molar-refractivity contribution in [2.45, 2.75) is 96.9 Å². The van der Waals surface area contributed by atoms with Gasteiger partial charge in [-0.05, 0) is 88.9 Å². The molecule has 2 heterocycles. The molecule has 2 aromatic rings. The highest BCUT2D eigenvalue weighted by Gasteiger charge is 2.31. The molecular weight excluding hydrogens is 556 g/mol. The normalized spacial score (nSPS) is 23.4. The fourth-order valence-electron chi connectivity index (χ4n) is 6.24. The van der Waals surface area contributed by atoms with Crippen molar-refractivity contribution in [1.29, 1.82) is 0 Å². The molecule has 1 aliphatic heterocycles. The Morgan fingerprint density at radius 1 is 1.09 bits per heavy atom. The number of likely N-dealkylation sites (N-methyl/N-ethyl adjacent to an activating group) is 1. The van der Waals surface area contributed by atoms with Gasteiger partial charge in [-0.2, -0.15) is 0 Å². The van der Waals surface area contributed by atoms with Crippen LogP contribution in [-0.2, 0) is 16.1 Å². The summed E-state index contributed by atoms with van der Waals surface area (Å²) in [5, 5.41) is 13.3. The lowest BCUT2D eigenvalue weighted by Crippen LogP contribution is -2.47. The third-order valence-corrected chi connectivity index (χ3v) is 8.99. The number of aliphatic hydroxyl groups excluding tert-OH is 1. The smallest absolute Gasteiger partial charge is 0.258 e. The Kier molecular flexibility index (Phi) is 13.0. The molecule has 1 saturated carbocycles. The van der Waals surface area contributed by atoms with Crippen LogP contribution < -0.4 is 10.1 Å². The van der Waals surface area contributed by atoms with Gasteiger partial charge in [0.05, 0.1) is 30.4 Å². The highest BCUT2D eigenvalue weighted by atomic mass is 16.5. The van der Waals surface area contributed by atoms with Gasteiger partial charge in [-0.3, -0.25) is 19.5 Å². The van der Waals surface area contributed by atoms with E-state index >= 15 is 0 Å². The van der Waals surface area contributed by atoms with E-state index in [2.05, 4.69) is 29.2 Å². The number of pyridine rings is 1. The van der Waals surface area contributed by atoms with Gasteiger partial charge in [0.2, 0.25) is 5.91 Å². The number of hydrogen-bond donors (Lipinski definition) is 2. The average Bonchev–Trinajstić information content (AvgIpc) is 3.03. The van der Waals surface area contributed by atoms with Crippen molar-refractivity contribution >= 4 is 17.5 Å². The first-order valence-corrected chi connectivity index (χ1v) is 16.5. The van der Waals surface area contributed by atoms with E-state index in [4.69, 9.17) is 9.47 Å². The van der Waals surface area contributed by atoms with Gasteiger partial charge < -0.3 is 24.8 Å². The van der Waals surface area contributed by atoms with Crippen molar-refractivity contribution in [2.75, 3.05) is 38.7 Å². The lowest BCUT2D eigenvalue weighted by atomic mass is 9.88. The van der Waals surface area contributed by atoms with Crippen molar-refractivity contribution in [3.05, 3.63) is 53.9 Å². The highest BCUT2D eigenvalue weighted by Crippen LogP contribution is 2.30. The molecule has 1 fully saturated rings. The number of ether oxygens (including phenoxy) is 2. The van der Waals surface area contributed by atoms with Gasteiger partial charge in [-0.15, -0.1) is 0 Å². The number of aromatic nitrogens is 1. The number of carbonyl (C=O) groups is 2. The summed E-state index contributed by atoms with van der Waals surface area (Å²) in [6.45, 7) is 8.33. The molecule has 9 nitrogen and oxygen atoms in total. The van der Waals surface area contributed by atoms with E-state index in [0.29, 0.717) is 36.7 Å². The maximum Gasteiger partial charge on any atom is 0.258 e. The molecule has 0 unspecified atom stereocenters. The van der Waals surface area contributed by atoms with Crippen LogP contribution in [0.2, 0.25) is 0 Å². The van der Waals surface area contributed by atoms with Gasteiger partial charge in [-0.25, -0.2) is 0 Å². The standard InChI is InChI=1S/C35H52N4O5/c1-25-21-39(26(2)24-40)35(42)31-20-30(37-34(41)29-11-6-5-7-12-29)13-14-32(31)44-27(3)10-8-9-19-43-33(25)23-38(4)22-28-15-17-36-18-16-28/h13-18,20,25-27,29,33,40H,5-12,19,21-24H2,1-4H3,(H,37,41)/t25-,26-,27-,33-/m1/s1. The van der Waals surface area contributed by atoms with Gasteiger partial charge in [-0.1, -0.05) is 26.2 Å². The molecule has 4 atom stereocenters. The number of nitrogens with zero attached hydrogens (tertiary/aromatic N) is 3. The van der Waals surface area contributed by atoms with Gasteiger partial charge >= 0.3 is 0 Å². The Balaban J connectivity index is 1.59. The number of carbonyl (C=O) groups excluding carboxylic acids is 2. The Morgan fingerprint density at radius 3 is 2.55 bits per heavy atom. The van der Waals surface area contributed by atoms with E-state index in [1.165, 1.54) is 12.0 Å². The van der Waals surface area contributed by atoms with Crippen LogP contribution in [-0.4, -0.2) is 83.3 Å². The summed E-state index contributed by atoms with van der Waals surface area (Å²) in [5.41, 5.74) is 2.17. The van der Waals surface area contributed by atoms with Crippen molar-refractivity contribution in [1.82, 2.24) is 14.8 Å². The summed E-state index contributed by atoms with van der Waals surface area (Å²) in [6.07, 6.45) is 11.2. The molecular formula is C35H52N4O5. The fourth-order valence-corrected chi connectivity index (χ4v) is 6.24. The molecule has 0 spiro atoms. The molecule has 4 rings (SSSR count). The molecule has 0 radical (unpaired) electrons. The zero-order valence-corrected chi connectivity index (χ0v) is 27.0. The first-order valence-electron chi connectivity index (χ1n) is 16.5. The number of anilines is 1. The Hall–Kier alpha value is -3.01. The van der Waals surface area contributed by atoms with Crippen LogP contribution >= 0.6 is 0 Å². The van der Waals surface area contributed by atoms with Crippen LogP contribution in [0, 0.1) is 11.8 Å². The largest absolute Gasteiger partial charge is 0.490 e. The van der Waals surface area contributed by atoms with Crippen LogP contribution in [0.4, 0.5) is 5.69 Å². The predicted octanol–water partition coefficient (Wildman–Crippen LogP) is 5.53. The van der Waals surface area contributed by atoms with Crippen LogP contribution in [0.25, 0.3) is 0 Å². The molecule has 0 saturated heterocycles. The van der Waals surface area contributed by atoms with Gasteiger partial charge in [0.15, 0.2) is 0 Å². The lowest BCUT2D eigenvalue weighted by molar-refractivity contribution is -0.120. The second-order valence-corrected chi connectivity index (χ2v) is 12.9. The summed E-state index contributed by atoms with van der Waals surface area (Å²) < 4.78 is 12.8. The number of rotatable bonds is 8. The van der Waals surface area contributed by atoms with E-state index in [-0.39, 0.29) is 42.5 Å². The first kappa shape index (κ1) is 33.9. The van der Waals surface area contributed by atoms with E-state index in [1.807, 2.05) is 32.0 Å². The number of nitrogens with one attached hydrogen (secondary N) is 1. The lowest BCUT2D eigenvalue weighted by Gasteiger charge is -2.36. The average molecular weight is 609 g/mol. The van der Waals surface area contributed by atoms with E-state index < -0.39 is 6.04 Å². The van der Waals surface area contributed by atoms with E-state index in [0.717, 1.165) is 51.5 Å². The molecule has 2 aliphatic rings. The summed E-state index contributed by atoms with van der Waals surface area (Å²) in [6, 6.07) is 8.99. The molecule has 0 bridgehead atoms. The van der Waals surface area contributed by atoms with Crippen molar-refractivity contribution in [2.24, 2.45) is 11.8 Å². The minimum Gasteiger partial charge on any atom is -0.490 e. The third-order valence-electron chi connectivity index (χ3n) is 8.99. The van der Waals surface area contributed by atoms with Crippen LogP contribution in [0.15, 0.2) is 42.7 Å². The minimum atomic E-state index is -0.418. The molecule has 1 aromatic carbocycles. The quantitative estimate of drug-likeness (QED) is 0.406. The van der Waals surface area contributed by atoms with Gasteiger partial charge in [0, 0.05) is 56.2 Å². The number of hydrogen-bond acceptors (Lipinski definition) is 7. The molecule has 1 aromatic heterocycles. The molecule has 242 valence electrons. The van der Waals surface area contributed by atoms with E-state index in [1.54, 1.807) is 29.4 Å². The summed E-state index contributed by atoms with van der Waals surface area (Å²) in [4.78, 5) is 35.5. The van der Waals surface area contributed by atoms with Crippen molar-refractivity contribution < 1.29 is 24.2 Å². The van der Waals surface area contributed by atoms with E-state index in [9.17, 15) is 14.7 Å². The maximum absolute atomic E-state index is 14.3. The third kappa shape index (κ3) is 9.74. The topological polar surface area (TPSA) is 104 Å². The Bertz CT molecular complexity index is 1190. The van der Waals surface area contributed by atoms with Crippen molar-refractivity contribution in [3.63, 3.8) is 0 Å². The van der Waals surface area contributed by atoms with Crippen LogP contribution in [0.3, 0.4) is 0 Å². The predicted molar refractivity (Wildman–Crippen MR) is 173 cm³/mol. The maximum atomic E-state index is 14.3. The second kappa shape index (κ2) is 16.9.